The molecular formula is C32H38N8O3. The van der Waals surface area contributed by atoms with Gasteiger partial charge in [-0.2, -0.15) is 15.0 Å². The topological polar surface area (TPSA) is 123 Å². The second kappa shape index (κ2) is 11.8. The number of likely N-dealkylation sites (tertiary alicyclic amines) is 2. The van der Waals surface area contributed by atoms with Crippen molar-refractivity contribution in [3.63, 3.8) is 0 Å². The van der Waals surface area contributed by atoms with Gasteiger partial charge in [0.1, 0.15) is 22.6 Å². The molecule has 4 aromatic heterocycles. The van der Waals surface area contributed by atoms with E-state index >= 15 is 0 Å². The van der Waals surface area contributed by atoms with E-state index in [1.165, 1.54) is 24.0 Å². The molecule has 0 saturated carbocycles. The van der Waals surface area contributed by atoms with Crippen LogP contribution in [0, 0.1) is 6.92 Å². The Morgan fingerprint density at radius 2 is 1.65 bits per heavy atom. The quantitative estimate of drug-likeness (QED) is 0.256. The number of hydrogen-bond acceptors (Lipinski definition) is 11. The number of anilines is 3. The van der Waals surface area contributed by atoms with Gasteiger partial charge < -0.3 is 24.2 Å². The molecule has 2 aliphatic rings. The number of nitrogens with two attached hydrogens (primary N) is 1. The monoisotopic (exact) mass is 582 g/mol. The number of nitrogens with zero attached hydrogens (tertiary/aromatic N) is 7. The molecule has 5 aromatic rings. The Bertz CT molecular complexity index is 1670. The zero-order valence-corrected chi connectivity index (χ0v) is 24.8. The van der Waals surface area contributed by atoms with Crippen LogP contribution in [-0.4, -0.2) is 74.6 Å². The molecule has 1 aromatic carbocycles. The number of oxazole rings is 2. The van der Waals surface area contributed by atoms with E-state index in [9.17, 15) is 0 Å². The van der Waals surface area contributed by atoms with E-state index in [1.54, 1.807) is 12.3 Å². The molecule has 0 unspecified atom stereocenters. The number of aryl methyl sites for hydroxylation is 1. The number of ether oxygens (including phenoxy) is 1. The van der Waals surface area contributed by atoms with E-state index in [2.05, 4.69) is 44.9 Å². The summed E-state index contributed by atoms with van der Waals surface area (Å²) in [4.78, 5) is 25.4. The van der Waals surface area contributed by atoms with Crippen LogP contribution in [0.25, 0.3) is 22.5 Å². The zero-order chi connectivity index (χ0) is 29.3. The number of aromatic nitrogens is 4. The molecule has 0 atom stereocenters. The van der Waals surface area contributed by atoms with E-state index in [0.29, 0.717) is 53.0 Å². The number of hydrogen-bond donors (Lipinski definition) is 1. The molecule has 0 spiro atoms. The van der Waals surface area contributed by atoms with Crippen LogP contribution >= 0.6 is 0 Å². The van der Waals surface area contributed by atoms with E-state index in [-0.39, 0.29) is 6.04 Å². The van der Waals surface area contributed by atoms with Crippen LogP contribution in [0.4, 0.5) is 17.8 Å². The highest BCUT2D eigenvalue weighted by Crippen LogP contribution is 2.35. The fourth-order valence-electron chi connectivity index (χ4n) is 6.44. The molecule has 2 N–H and O–H groups in total. The van der Waals surface area contributed by atoms with E-state index in [0.717, 1.165) is 51.3 Å². The van der Waals surface area contributed by atoms with Gasteiger partial charge in [0.25, 0.3) is 5.71 Å². The number of fused-ring (bicyclic) bond motifs is 2. The summed E-state index contributed by atoms with van der Waals surface area (Å²) in [5.74, 6) is 1.39. The molecule has 0 amide bonds. The summed E-state index contributed by atoms with van der Waals surface area (Å²) in [5, 5.41) is 0. The second-order valence-electron chi connectivity index (χ2n) is 11.6. The van der Waals surface area contributed by atoms with Crippen molar-refractivity contribution in [1.29, 1.82) is 0 Å². The molecule has 11 nitrogen and oxygen atoms in total. The van der Waals surface area contributed by atoms with Crippen LogP contribution in [0.15, 0.2) is 57.5 Å². The Hall–Kier alpha value is -4.22. The molecule has 0 aliphatic carbocycles. The number of nitrogen functional groups attached to an aromatic ring is 1. The van der Waals surface area contributed by atoms with Gasteiger partial charge in [-0.3, -0.25) is 4.90 Å². The summed E-state index contributed by atoms with van der Waals surface area (Å²) >= 11 is 0. The summed E-state index contributed by atoms with van der Waals surface area (Å²) < 4.78 is 18.1. The molecule has 0 radical (unpaired) electrons. The van der Waals surface area contributed by atoms with Gasteiger partial charge in [-0.1, -0.05) is 12.1 Å². The fraction of sp³-hybridized carbons (Fsp3) is 0.438. The molecule has 2 fully saturated rings. The van der Waals surface area contributed by atoms with Crippen molar-refractivity contribution in [2.75, 3.05) is 43.4 Å². The first-order valence-electron chi connectivity index (χ1n) is 15.3. The summed E-state index contributed by atoms with van der Waals surface area (Å²) in [7, 11) is 0. The lowest BCUT2D eigenvalue weighted by Gasteiger charge is -2.43. The smallest absolute Gasteiger partial charge is 0.308 e. The Balaban J connectivity index is 1.02. The normalized spacial score (nSPS) is 17.6. The third-order valence-corrected chi connectivity index (χ3v) is 8.73. The van der Waals surface area contributed by atoms with Gasteiger partial charge >= 0.3 is 12.0 Å². The summed E-state index contributed by atoms with van der Waals surface area (Å²) in [6.45, 7) is 9.98. The maximum atomic E-state index is 6.12. The van der Waals surface area contributed by atoms with Crippen LogP contribution in [0.1, 0.15) is 43.7 Å². The molecule has 11 heteroatoms. The minimum absolute atomic E-state index is 0.107. The Labute approximate surface area is 250 Å². The average Bonchev–Trinajstić information content (AvgIpc) is 3.64. The van der Waals surface area contributed by atoms with Gasteiger partial charge in [0.15, 0.2) is 0 Å². The minimum atomic E-state index is 0.107. The van der Waals surface area contributed by atoms with Crippen molar-refractivity contribution >= 4 is 40.3 Å². The van der Waals surface area contributed by atoms with Crippen molar-refractivity contribution in [2.24, 2.45) is 0 Å². The summed E-state index contributed by atoms with van der Waals surface area (Å²) in [6.07, 6.45) is 5.92. The van der Waals surface area contributed by atoms with E-state index < -0.39 is 0 Å². The first-order valence-corrected chi connectivity index (χ1v) is 15.3. The van der Waals surface area contributed by atoms with Crippen LogP contribution in [-0.2, 0) is 6.54 Å². The predicted octanol–water partition coefficient (Wildman–Crippen LogP) is 5.32. The Morgan fingerprint density at radius 3 is 2.40 bits per heavy atom. The number of piperidine rings is 2. The number of pyridine rings is 2. The SMILES string of the molecule is CCOc1cc(CN2CCC(N3CCC(N(c4nc5cccnc5o4)c4nc5ccc(N)nc5o4)CC3)CC2)ccc1C. The standard InChI is InChI=1S/C32H38N8O3/c1-3-41-27-19-22(7-6-21(27)2)20-38-15-10-23(11-16-38)39-17-12-24(13-18-39)40(31-35-25-5-4-14-34-29(25)42-31)32-36-26-8-9-28(33)37-30(26)43-32/h4-9,14,19,23-24H,3,10-13,15-18,20H2,1-2H3,(H2,33,37). The molecule has 2 saturated heterocycles. The van der Waals surface area contributed by atoms with E-state index in [4.69, 9.17) is 29.3 Å². The Kier molecular flexibility index (Phi) is 7.58. The van der Waals surface area contributed by atoms with Gasteiger partial charge in [0, 0.05) is 37.9 Å². The van der Waals surface area contributed by atoms with Crippen LogP contribution in [0.2, 0.25) is 0 Å². The van der Waals surface area contributed by atoms with Crippen molar-refractivity contribution in [1.82, 2.24) is 29.7 Å². The summed E-state index contributed by atoms with van der Waals surface area (Å²) in [5.41, 5.74) is 10.7. The maximum Gasteiger partial charge on any atom is 0.308 e. The third kappa shape index (κ3) is 5.74. The van der Waals surface area contributed by atoms with Crippen LogP contribution in [0.5, 0.6) is 5.75 Å². The highest BCUT2D eigenvalue weighted by molar-refractivity contribution is 5.75. The Morgan fingerprint density at radius 1 is 0.907 bits per heavy atom. The highest BCUT2D eigenvalue weighted by atomic mass is 16.5. The van der Waals surface area contributed by atoms with Crippen LogP contribution in [0.3, 0.4) is 0 Å². The van der Waals surface area contributed by atoms with Gasteiger partial charge in [-0.25, -0.2) is 9.88 Å². The van der Waals surface area contributed by atoms with Gasteiger partial charge in [0.2, 0.25) is 5.71 Å². The molecule has 6 heterocycles. The molecular weight excluding hydrogens is 544 g/mol. The van der Waals surface area contributed by atoms with E-state index in [1.807, 2.05) is 30.0 Å². The van der Waals surface area contributed by atoms with Gasteiger partial charge in [-0.05, 0) is 94.1 Å². The maximum absolute atomic E-state index is 6.12. The predicted molar refractivity (Wildman–Crippen MR) is 165 cm³/mol. The molecule has 43 heavy (non-hydrogen) atoms. The zero-order valence-electron chi connectivity index (χ0n) is 24.8. The lowest BCUT2D eigenvalue weighted by molar-refractivity contribution is 0.0844. The fourth-order valence-corrected chi connectivity index (χ4v) is 6.44. The second-order valence-corrected chi connectivity index (χ2v) is 11.6. The third-order valence-electron chi connectivity index (χ3n) is 8.73. The summed E-state index contributed by atoms with van der Waals surface area (Å²) in [6, 6.07) is 15.5. The largest absolute Gasteiger partial charge is 0.494 e. The van der Waals surface area contributed by atoms with Crippen molar-refractivity contribution in [3.05, 3.63) is 59.8 Å². The molecule has 7 rings (SSSR count). The molecule has 0 bridgehead atoms. The minimum Gasteiger partial charge on any atom is -0.494 e. The lowest BCUT2D eigenvalue weighted by Crippen LogP contribution is -2.50. The average molecular weight is 583 g/mol. The van der Waals surface area contributed by atoms with Crippen molar-refractivity contribution < 1.29 is 13.6 Å². The number of rotatable bonds is 8. The molecule has 2 aliphatic heterocycles. The van der Waals surface area contributed by atoms with Crippen molar-refractivity contribution in [2.45, 2.75) is 58.2 Å². The van der Waals surface area contributed by atoms with Gasteiger partial charge in [-0.15, -0.1) is 0 Å². The van der Waals surface area contributed by atoms with Crippen molar-refractivity contribution in [3.8, 4) is 5.75 Å². The first-order chi connectivity index (χ1) is 21.0. The van der Waals surface area contributed by atoms with Crippen LogP contribution < -0.4 is 15.4 Å². The van der Waals surface area contributed by atoms with Gasteiger partial charge in [0.05, 0.1) is 6.61 Å². The first kappa shape index (κ1) is 27.6. The number of benzene rings is 1. The highest BCUT2D eigenvalue weighted by Gasteiger charge is 2.35. The lowest BCUT2D eigenvalue weighted by atomic mass is 9.97. The molecule has 224 valence electrons.